The molecule has 40 heavy (non-hydrogen) atoms. The van der Waals surface area contributed by atoms with E-state index >= 15 is 0 Å². The van der Waals surface area contributed by atoms with Crippen molar-refractivity contribution in [1.82, 2.24) is 0 Å². The zero-order chi connectivity index (χ0) is 27.6. The number of aromatic carboxylic acids is 2. The molecular weight excluding hydrogens is 496 g/mol. The molecule has 2 N–H and O–H groups in total. The van der Waals surface area contributed by atoms with E-state index in [4.69, 9.17) is 0 Å². The van der Waals surface area contributed by atoms with Crippen LogP contribution in [0.1, 0.15) is 20.7 Å². The number of hydrogen-bond acceptors (Lipinski definition) is 2. The number of rotatable bonds is 4. The Morgan fingerprint density at radius 1 is 0.400 bits per heavy atom. The first-order valence-electron chi connectivity index (χ1n) is 12.9. The molecule has 0 saturated carbocycles. The molecule has 0 fully saturated rings. The van der Waals surface area contributed by atoms with E-state index in [0.717, 1.165) is 54.6 Å². The fourth-order valence-electron chi connectivity index (χ4n) is 5.30. The van der Waals surface area contributed by atoms with Gasteiger partial charge in [-0.15, -0.1) is 0 Å². The highest BCUT2D eigenvalue weighted by molar-refractivity contribution is 6.23. The quantitative estimate of drug-likeness (QED) is 0.227. The van der Waals surface area contributed by atoms with Crippen LogP contribution in [0.25, 0.3) is 54.6 Å². The van der Waals surface area contributed by atoms with Gasteiger partial charge in [0.2, 0.25) is 0 Å². The van der Waals surface area contributed by atoms with Crippen molar-refractivity contribution in [3.63, 3.8) is 0 Å². The van der Waals surface area contributed by atoms with Crippen molar-refractivity contribution in [1.29, 1.82) is 0 Å². The van der Waals surface area contributed by atoms with E-state index in [9.17, 15) is 19.8 Å². The van der Waals surface area contributed by atoms with Gasteiger partial charge in [-0.2, -0.15) is 0 Å². The van der Waals surface area contributed by atoms with Crippen LogP contribution < -0.4 is 0 Å². The summed E-state index contributed by atoms with van der Waals surface area (Å²) in [7, 11) is 0. The van der Waals surface area contributed by atoms with Crippen LogP contribution in [0.15, 0.2) is 133 Å². The lowest BCUT2D eigenvalue weighted by Crippen LogP contribution is -1.96. The number of carbonyl (C=O) groups is 2. The van der Waals surface area contributed by atoms with E-state index in [1.807, 2.05) is 72.8 Å². The lowest BCUT2D eigenvalue weighted by molar-refractivity contribution is 0.0686. The van der Waals surface area contributed by atoms with Crippen molar-refractivity contribution < 1.29 is 19.8 Å². The minimum Gasteiger partial charge on any atom is -0.478 e. The summed E-state index contributed by atoms with van der Waals surface area (Å²) < 4.78 is 0. The maximum atomic E-state index is 11.6. The standard InChI is InChI=1S/C36H24O4/c37-35(38)25-17-13-23(14-18-25)33-29-11-5-3-1-2-4-6-12-30(29)34(24-15-19-26(20-16-24)36(39)40)32-22-28-10-8-7-9-27(28)21-31(32)33/h1-22H,(H,37,38)(H,39,40). The number of hydrogen-bond donors (Lipinski definition) is 2. The Labute approximate surface area is 230 Å². The van der Waals surface area contributed by atoms with Crippen molar-refractivity contribution in [2.75, 3.05) is 0 Å². The first kappa shape index (κ1) is 24.8. The maximum Gasteiger partial charge on any atom is 0.335 e. The third-order valence-electron chi connectivity index (χ3n) is 7.18. The largest absolute Gasteiger partial charge is 0.478 e. The van der Waals surface area contributed by atoms with E-state index < -0.39 is 11.9 Å². The molecule has 6 aromatic rings. The fourth-order valence-corrected chi connectivity index (χ4v) is 5.30. The van der Waals surface area contributed by atoms with E-state index in [-0.39, 0.29) is 11.1 Å². The van der Waals surface area contributed by atoms with E-state index in [0.29, 0.717) is 0 Å². The predicted molar refractivity (Wildman–Crippen MR) is 161 cm³/mol. The summed E-state index contributed by atoms with van der Waals surface area (Å²) in [5, 5.41) is 25.2. The Morgan fingerprint density at radius 3 is 1.12 bits per heavy atom. The SMILES string of the molecule is O=C(O)c1ccc(-c2c3ccccccccc3c(-c3ccc(C(=O)O)cc3)c3cc4ccccc4cc23)cc1. The number of benzene rings is 5. The normalized spacial score (nSPS) is 10.9. The summed E-state index contributed by atoms with van der Waals surface area (Å²) in [5.41, 5.74) is 4.27. The van der Waals surface area contributed by atoms with Crippen LogP contribution in [-0.4, -0.2) is 22.2 Å². The summed E-state index contributed by atoms with van der Waals surface area (Å²) in [6.07, 6.45) is 0. The second-order valence-corrected chi connectivity index (χ2v) is 9.58. The van der Waals surface area contributed by atoms with Gasteiger partial charge in [-0.05, 0) is 91.0 Å². The molecule has 4 nitrogen and oxygen atoms in total. The molecule has 0 aliphatic carbocycles. The topological polar surface area (TPSA) is 74.6 Å². The van der Waals surface area contributed by atoms with E-state index in [1.165, 1.54) is 0 Å². The summed E-state index contributed by atoms with van der Waals surface area (Å²) in [5.74, 6) is -1.93. The van der Waals surface area contributed by atoms with Crippen molar-refractivity contribution in [2.24, 2.45) is 0 Å². The van der Waals surface area contributed by atoms with Gasteiger partial charge in [0.1, 0.15) is 0 Å². The Bertz CT molecular complexity index is 1820. The molecule has 0 heterocycles. The number of carboxylic acid groups (broad SMARTS) is 2. The third-order valence-corrected chi connectivity index (χ3v) is 7.18. The highest BCUT2D eigenvalue weighted by Gasteiger charge is 2.18. The maximum absolute atomic E-state index is 11.6. The zero-order valence-corrected chi connectivity index (χ0v) is 21.4. The van der Waals surface area contributed by atoms with Gasteiger partial charge in [-0.3, -0.25) is 0 Å². The first-order chi connectivity index (χ1) is 19.5. The van der Waals surface area contributed by atoms with Gasteiger partial charge in [-0.1, -0.05) is 97.1 Å². The summed E-state index contributed by atoms with van der Waals surface area (Å²) >= 11 is 0. The van der Waals surface area contributed by atoms with Crippen molar-refractivity contribution >= 4 is 44.3 Å². The molecule has 0 aliphatic heterocycles. The van der Waals surface area contributed by atoms with Gasteiger partial charge >= 0.3 is 11.9 Å². The van der Waals surface area contributed by atoms with Crippen LogP contribution in [0.4, 0.5) is 0 Å². The molecule has 0 aromatic heterocycles. The Kier molecular flexibility index (Phi) is 6.43. The van der Waals surface area contributed by atoms with Gasteiger partial charge in [0.05, 0.1) is 11.1 Å². The van der Waals surface area contributed by atoms with Crippen LogP contribution >= 0.6 is 0 Å². The number of fused-ring (bicyclic) bond motifs is 3. The second kappa shape index (κ2) is 10.4. The smallest absolute Gasteiger partial charge is 0.335 e. The van der Waals surface area contributed by atoms with Crippen molar-refractivity contribution in [3.05, 3.63) is 145 Å². The second-order valence-electron chi connectivity index (χ2n) is 9.58. The molecule has 4 heteroatoms. The average Bonchev–Trinajstić information content (AvgIpc) is 2.97. The highest BCUT2D eigenvalue weighted by atomic mass is 16.4. The van der Waals surface area contributed by atoms with Crippen LogP contribution in [0.2, 0.25) is 0 Å². The minimum atomic E-state index is -0.967. The molecular formula is C36H24O4. The van der Waals surface area contributed by atoms with Crippen LogP contribution in [0.3, 0.4) is 0 Å². The first-order valence-corrected chi connectivity index (χ1v) is 12.9. The van der Waals surface area contributed by atoms with Crippen molar-refractivity contribution in [2.45, 2.75) is 0 Å². The summed E-state index contributed by atoms with van der Waals surface area (Å²) in [6, 6.07) is 42.6. The molecule has 0 saturated heterocycles. The van der Waals surface area contributed by atoms with Gasteiger partial charge in [0.15, 0.2) is 0 Å². The van der Waals surface area contributed by atoms with Crippen LogP contribution in [0, 0.1) is 0 Å². The number of carboxylic acids is 2. The van der Waals surface area contributed by atoms with Gasteiger partial charge in [0, 0.05) is 0 Å². The lowest BCUT2D eigenvalue weighted by atomic mass is 9.85. The molecule has 0 aliphatic rings. The fraction of sp³-hybridized carbons (Fsp3) is 0. The molecule has 6 rings (SSSR count). The molecule has 0 radical (unpaired) electrons. The summed E-state index contributed by atoms with van der Waals surface area (Å²) in [6.45, 7) is 0. The molecule has 0 spiro atoms. The molecule has 0 atom stereocenters. The highest BCUT2D eigenvalue weighted by Crippen LogP contribution is 2.44. The Balaban J connectivity index is 1.84. The third kappa shape index (κ3) is 4.52. The average molecular weight is 521 g/mol. The van der Waals surface area contributed by atoms with Crippen LogP contribution in [0.5, 0.6) is 0 Å². The Hall–Kier alpha value is -5.48. The molecule has 0 bridgehead atoms. The van der Waals surface area contributed by atoms with Crippen molar-refractivity contribution in [3.8, 4) is 22.3 Å². The van der Waals surface area contributed by atoms with E-state index in [2.05, 4.69) is 36.4 Å². The van der Waals surface area contributed by atoms with Gasteiger partial charge < -0.3 is 10.2 Å². The molecule has 192 valence electrons. The minimum absolute atomic E-state index is 0.230. The monoisotopic (exact) mass is 520 g/mol. The van der Waals surface area contributed by atoms with Crippen LogP contribution in [-0.2, 0) is 0 Å². The molecule has 0 unspecified atom stereocenters. The summed E-state index contributed by atoms with van der Waals surface area (Å²) in [4.78, 5) is 23.2. The van der Waals surface area contributed by atoms with Gasteiger partial charge in [0.25, 0.3) is 0 Å². The Morgan fingerprint density at radius 2 is 0.750 bits per heavy atom. The zero-order valence-electron chi connectivity index (χ0n) is 21.4. The molecule has 0 amide bonds. The van der Waals surface area contributed by atoms with E-state index in [1.54, 1.807) is 24.3 Å². The predicted octanol–water partition coefficient (Wildman–Crippen LogP) is 9.00. The molecule has 6 aromatic carbocycles. The lowest BCUT2D eigenvalue weighted by Gasteiger charge is -2.18. The van der Waals surface area contributed by atoms with Gasteiger partial charge in [-0.25, -0.2) is 9.59 Å².